The van der Waals surface area contributed by atoms with Crippen molar-refractivity contribution < 1.29 is 14.0 Å². The van der Waals surface area contributed by atoms with Crippen LogP contribution in [0.4, 0.5) is 0 Å². The molecule has 0 spiro atoms. The highest BCUT2D eigenvalue weighted by molar-refractivity contribution is 7.68. The van der Waals surface area contributed by atoms with Crippen molar-refractivity contribution in [2.45, 2.75) is 0 Å². The molecule has 0 unspecified atom stereocenters. The van der Waals surface area contributed by atoms with Gasteiger partial charge >= 0.3 is 0 Å². The van der Waals surface area contributed by atoms with Crippen LogP contribution in [0.5, 0.6) is 11.5 Å². The Hall–Kier alpha value is -1.57. The van der Waals surface area contributed by atoms with Gasteiger partial charge in [0.1, 0.15) is 11.5 Å². The van der Waals surface area contributed by atoms with Gasteiger partial charge < -0.3 is 14.0 Å². The molecule has 2 rings (SSSR count). The molecule has 0 saturated heterocycles. The van der Waals surface area contributed by atoms with Crippen molar-refractivity contribution in [3.63, 3.8) is 0 Å². The highest BCUT2D eigenvalue weighted by Crippen LogP contribution is 2.35. The number of ether oxygens (including phenoxy) is 2. The van der Waals surface area contributed by atoms with Crippen molar-refractivity contribution in [2.24, 2.45) is 0 Å². The van der Waals surface area contributed by atoms with E-state index in [2.05, 4.69) is 12.1 Å². The fourth-order valence-corrected chi connectivity index (χ4v) is 3.49. The standard InChI is InChI=1S/C15H17O3P/c1-16-12-6-4-8-14(10-12)19(18-3)15-9-5-7-13(11-15)17-2/h4-11H,1-3H3. The van der Waals surface area contributed by atoms with Gasteiger partial charge in [-0.1, -0.05) is 24.3 Å². The number of hydrogen-bond acceptors (Lipinski definition) is 3. The summed E-state index contributed by atoms with van der Waals surface area (Å²) in [6, 6.07) is 15.9. The van der Waals surface area contributed by atoms with Crippen molar-refractivity contribution in [3.05, 3.63) is 48.5 Å². The van der Waals surface area contributed by atoms with Crippen molar-refractivity contribution in [3.8, 4) is 11.5 Å². The lowest BCUT2D eigenvalue weighted by Crippen LogP contribution is -2.13. The average Bonchev–Trinajstić information content (AvgIpc) is 2.48. The summed E-state index contributed by atoms with van der Waals surface area (Å²) in [5.41, 5.74) is 0. The molecule has 2 aromatic rings. The topological polar surface area (TPSA) is 27.7 Å². The first-order valence-electron chi connectivity index (χ1n) is 5.91. The zero-order chi connectivity index (χ0) is 13.7. The molecule has 0 heterocycles. The van der Waals surface area contributed by atoms with E-state index in [1.165, 1.54) is 0 Å². The van der Waals surface area contributed by atoms with E-state index in [1.54, 1.807) is 21.3 Å². The summed E-state index contributed by atoms with van der Waals surface area (Å²) in [6.07, 6.45) is 0. The first-order valence-corrected chi connectivity index (χ1v) is 7.17. The molecule has 0 aliphatic heterocycles. The maximum absolute atomic E-state index is 5.68. The molecule has 0 amide bonds. The smallest absolute Gasteiger partial charge is 0.119 e. The van der Waals surface area contributed by atoms with Crippen LogP contribution in [0.1, 0.15) is 0 Å². The third kappa shape index (κ3) is 3.25. The van der Waals surface area contributed by atoms with E-state index in [0.717, 1.165) is 22.1 Å². The van der Waals surface area contributed by atoms with Crippen LogP contribution in [-0.4, -0.2) is 21.3 Å². The second-order valence-corrected chi connectivity index (χ2v) is 5.87. The molecule has 2 aromatic carbocycles. The molecule has 0 radical (unpaired) electrons. The SMILES string of the molecule is COc1cccc(P(OC)c2cccc(OC)c2)c1. The Labute approximate surface area is 115 Å². The van der Waals surface area contributed by atoms with E-state index in [1.807, 2.05) is 36.4 Å². The van der Waals surface area contributed by atoms with Crippen LogP contribution in [0.2, 0.25) is 0 Å². The lowest BCUT2D eigenvalue weighted by molar-refractivity contribution is 0.415. The van der Waals surface area contributed by atoms with Gasteiger partial charge in [-0.3, -0.25) is 0 Å². The lowest BCUT2D eigenvalue weighted by Gasteiger charge is -2.17. The number of methoxy groups -OCH3 is 2. The number of rotatable bonds is 5. The van der Waals surface area contributed by atoms with Crippen molar-refractivity contribution >= 4 is 18.8 Å². The minimum atomic E-state index is -0.853. The van der Waals surface area contributed by atoms with Crippen LogP contribution < -0.4 is 20.1 Å². The van der Waals surface area contributed by atoms with Crippen LogP contribution >= 0.6 is 8.15 Å². The van der Waals surface area contributed by atoms with Gasteiger partial charge in [0.05, 0.1) is 22.4 Å². The molecule has 0 atom stereocenters. The molecule has 100 valence electrons. The Kier molecular flexibility index (Phi) is 4.78. The predicted molar refractivity (Wildman–Crippen MR) is 79.2 cm³/mol. The summed E-state index contributed by atoms with van der Waals surface area (Å²) >= 11 is 0. The quantitative estimate of drug-likeness (QED) is 0.786. The van der Waals surface area contributed by atoms with Crippen LogP contribution in [0.25, 0.3) is 0 Å². The largest absolute Gasteiger partial charge is 0.497 e. The van der Waals surface area contributed by atoms with E-state index in [-0.39, 0.29) is 0 Å². The highest BCUT2D eigenvalue weighted by atomic mass is 31.1. The van der Waals surface area contributed by atoms with Crippen LogP contribution in [-0.2, 0) is 4.52 Å². The maximum Gasteiger partial charge on any atom is 0.119 e. The minimum absolute atomic E-state index is 0.838. The monoisotopic (exact) mass is 276 g/mol. The highest BCUT2D eigenvalue weighted by Gasteiger charge is 2.15. The molecule has 0 fully saturated rings. The normalized spacial score (nSPS) is 10.5. The van der Waals surface area contributed by atoms with Gasteiger partial charge in [0, 0.05) is 17.7 Å². The molecular weight excluding hydrogens is 259 g/mol. The second-order valence-electron chi connectivity index (χ2n) is 3.88. The summed E-state index contributed by atoms with van der Waals surface area (Å²) < 4.78 is 16.2. The minimum Gasteiger partial charge on any atom is -0.497 e. The van der Waals surface area contributed by atoms with E-state index >= 15 is 0 Å². The first kappa shape index (κ1) is 13.9. The molecule has 0 bridgehead atoms. The number of benzene rings is 2. The van der Waals surface area contributed by atoms with E-state index in [9.17, 15) is 0 Å². The Morgan fingerprint density at radius 3 is 1.58 bits per heavy atom. The van der Waals surface area contributed by atoms with Gasteiger partial charge in [0.2, 0.25) is 0 Å². The Balaban J connectivity index is 2.37. The predicted octanol–water partition coefficient (Wildman–Crippen LogP) is 2.70. The number of hydrogen-bond donors (Lipinski definition) is 0. The fraction of sp³-hybridized carbons (Fsp3) is 0.200. The lowest BCUT2D eigenvalue weighted by atomic mass is 10.3. The van der Waals surface area contributed by atoms with E-state index < -0.39 is 8.15 Å². The van der Waals surface area contributed by atoms with Gasteiger partial charge in [0.25, 0.3) is 0 Å². The third-order valence-electron chi connectivity index (χ3n) is 2.76. The molecular formula is C15H17O3P. The fourth-order valence-electron chi connectivity index (χ4n) is 1.83. The molecule has 19 heavy (non-hydrogen) atoms. The molecule has 0 N–H and O–H groups in total. The van der Waals surface area contributed by atoms with Gasteiger partial charge in [-0.2, -0.15) is 0 Å². The Morgan fingerprint density at radius 1 is 0.737 bits per heavy atom. The van der Waals surface area contributed by atoms with Crippen LogP contribution in [0, 0.1) is 0 Å². The summed E-state index contributed by atoms with van der Waals surface area (Å²) in [5, 5.41) is 2.23. The van der Waals surface area contributed by atoms with Crippen LogP contribution in [0.3, 0.4) is 0 Å². The summed E-state index contributed by atoms with van der Waals surface area (Å²) in [4.78, 5) is 0. The molecule has 3 nitrogen and oxygen atoms in total. The first-order chi connectivity index (χ1) is 9.28. The maximum atomic E-state index is 5.68. The van der Waals surface area contributed by atoms with Gasteiger partial charge in [-0.15, -0.1) is 0 Å². The van der Waals surface area contributed by atoms with E-state index in [0.29, 0.717) is 0 Å². The third-order valence-corrected chi connectivity index (χ3v) is 4.62. The summed E-state index contributed by atoms with van der Waals surface area (Å²) in [6.45, 7) is 0. The molecule has 4 heteroatoms. The van der Waals surface area contributed by atoms with Crippen molar-refractivity contribution in [1.29, 1.82) is 0 Å². The zero-order valence-corrected chi connectivity index (χ0v) is 12.2. The Bertz CT molecular complexity index is 495. The van der Waals surface area contributed by atoms with E-state index in [4.69, 9.17) is 14.0 Å². The second kappa shape index (κ2) is 6.55. The Morgan fingerprint density at radius 2 is 1.21 bits per heavy atom. The molecule has 0 aromatic heterocycles. The molecule has 0 saturated carbocycles. The van der Waals surface area contributed by atoms with Gasteiger partial charge in [-0.25, -0.2) is 0 Å². The summed E-state index contributed by atoms with van der Waals surface area (Å²) in [7, 11) is 4.21. The van der Waals surface area contributed by atoms with Gasteiger partial charge in [-0.05, 0) is 24.3 Å². The van der Waals surface area contributed by atoms with Crippen molar-refractivity contribution in [1.82, 2.24) is 0 Å². The average molecular weight is 276 g/mol. The van der Waals surface area contributed by atoms with Crippen molar-refractivity contribution in [2.75, 3.05) is 21.3 Å². The summed E-state index contributed by atoms with van der Waals surface area (Å²) in [5.74, 6) is 1.68. The van der Waals surface area contributed by atoms with Crippen LogP contribution in [0.15, 0.2) is 48.5 Å². The molecule has 0 aliphatic rings. The zero-order valence-electron chi connectivity index (χ0n) is 11.3. The van der Waals surface area contributed by atoms with Gasteiger partial charge in [0.15, 0.2) is 0 Å². The molecule has 0 aliphatic carbocycles.